The van der Waals surface area contributed by atoms with E-state index >= 15 is 0 Å². The summed E-state index contributed by atoms with van der Waals surface area (Å²) in [7, 11) is 5.58. The molecule has 0 spiro atoms. The van der Waals surface area contributed by atoms with Crippen molar-refractivity contribution in [2.75, 3.05) is 39.2 Å². The van der Waals surface area contributed by atoms with Gasteiger partial charge in [-0.2, -0.15) is 0 Å². The molecular weight excluding hydrogens is 276 g/mol. The Kier molecular flexibility index (Phi) is 7.39. The maximum absolute atomic E-state index is 11.3. The molecule has 0 radical (unpaired) electrons. The van der Waals surface area contributed by atoms with Crippen LogP contribution >= 0.6 is 0 Å². The molecule has 0 aliphatic carbocycles. The number of ether oxygens (including phenoxy) is 1. The van der Waals surface area contributed by atoms with Crippen LogP contribution in [-0.2, 0) is 16.1 Å². The first-order valence-corrected chi connectivity index (χ1v) is 7.64. The molecule has 22 heavy (non-hydrogen) atoms. The third-order valence-electron chi connectivity index (χ3n) is 4.25. The lowest BCUT2D eigenvalue weighted by Crippen LogP contribution is -2.34. The van der Waals surface area contributed by atoms with Gasteiger partial charge in [-0.25, -0.2) is 0 Å². The Bertz CT molecular complexity index is 449. The minimum atomic E-state index is -0.0762. The van der Waals surface area contributed by atoms with Crippen LogP contribution in [0.1, 0.15) is 32.3 Å². The zero-order valence-corrected chi connectivity index (χ0v) is 13.3. The highest BCUT2D eigenvalue weighted by molar-refractivity contribution is 5.69. The van der Waals surface area contributed by atoms with Crippen molar-refractivity contribution in [2.45, 2.75) is 33.2 Å². The molecular formula is C18H30N2O2. The van der Waals surface area contributed by atoms with Gasteiger partial charge in [0, 0.05) is 32.7 Å². The summed E-state index contributed by atoms with van der Waals surface area (Å²) in [5.74, 6) is 0.414. The van der Waals surface area contributed by atoms with Crippen molar-refractivity contribution in [2.24, 2.45) is 5.92 Å². The Balaban J connectivity index is 0.00000242. The largest absolute Gasteiger partial charge is 0.469 e. The fraction of sp³-hybridized carbons (Fsp3) is 0.611. The van der Waals surface area contributed by atoms with Gasteiger partial charge in [0.15, 0.2) is 0 Å². The van der Waals surface area contributed by atoms with Gasteiger partial charge in [0.1, 0.15) is 0 Å². The van der Waals surface area contributed by atoms with Gasteiger partial charge in [-0.3, -0.25) is 9.69 Å². The lowest BCUT2D eigenvalue weighted by molar-refractivity contribution is -0.142. The third kappa shape index (κ3) is 5.34. The molecule has 0 N–H and O–H groups in total. The van der Waals surface area contributed by atoms with Gasteiger partial charge < -0.3 is 9.64 Å². The number of carbonyl (C=O) groups is 1. The Hall–Kier alpha value is -1.55. The SMILES string of the molecule is C.COC(=O)CC1CCN(Cc2ccc(N(C)C)cc2)CC1. The van der Waals surface area contributed by atoms with Crippen LogP contribution in [0, 0.1) is 5.92 Å². The lowest BCUT2D eigenvalue weighted by atomic mass is 9.93. The van der Waals surface area contributed by atoms with E-state index in [0.29, 0.717) is 12.3 Å². The van der Waals surface area contributed by atoms with E-state index in [1.54, 1.807) is 0 Å². The summed E-state index contributed by atoms with van der Waals surface area (Å²) in [5, 5.41) is 0. The van der Waals surface area contributed by atoms with Crippen molar-refractivity contribution in [3.63, 3.8) is 0 Å². The normalized spacial score (nSPS) is 16.0. The molecule has 1 fully saturated rings. The topological polar surface area (TPSA) is 32.8 Å². The fourth-order valence-corrected chi connectivity index (χ4v) is 2.83. The van der Waals surface area contributed by atoms with Gasteiger partial charge in [0.05, 0.1) is 7.11 Å². The van der Waals surface area contributed by atoms with E-state index in [-0.39, 0.29) is 13.4 Å². The predicted octanol–water partition coefficient (Wildman–Crippen LogP) is 3.16. The van der Waals surface area contributed by atoms with E-state index < -0.39 is 0 Å². The number of piperidine rings is 1. The van der Waals surface area contributed by atoms with Crippen LogP contribution in [0.5, 0.6) is 0 Å². The van der Waals surface area contributed by atoms with Crippen LogP contribution in [0.15, 0.2) is 24.3 Å². The molecule has 0 atom stereocenters. The van der Waals surface area contributed by atoms with E-state index in [1.165, 1.54) is 18.4 Å². The quantitative estimate of drug-likeness (QED) is 0.782. The first-order valence-electron chi connectivity index (χ1n) is 7.64. The standard InChI is InChI=1S/C17H26N2O2.CH4/c1-18(2)16-6-4-15(5-7-16)13-19-10-8-14(9-11-19)12-17(20)21-3;/h4-7,14H,8-13H2,1-3H3;1H4. The number of rotatable bonds is 5. The molecule has 1 saturated heterocycles. The number of carbonyl (C=O) groups excluding carboxylic acids is 1. The Morgan fingerprint density at radius 3 is 2.32 bits per heavy atom. The first kappa shape index (κ1) is 18.5. The summed E-state index contributed by atoms with van der Waals surface area (Å²) in [4.78, 5) is 15.9. The molecule has 0 amide bonds. The summed E-state index contributed by atoms with van der Waals surface area (Å²) >= 11 is 0. The number of nitrogens with zero attached hydrogens (tertiary/aromatic N) is 2. The average Bonchev–Trinajstić information content (AvgIpc) is 2.49. The number of anilines is 1. The van der Waals surface area contributed by atoms with E-state index in [0.717, 1.165) is 32.5 Å². The van der Waals surface area contributed by atoms with Crippen molar-refractivity contribution in [1.29, 1.82) is 0 Å². The van der Waals surface area contributed by atoms with Crippen LogP contribution in [0.3, 0.4) is 0 Å². The predicted molar refractivity (Wildman–Crippen MR) is 92.1 cm³/mol. The van der Waals surface area contributed by atoms with Crippen molar-refractivity contribution >= 4 is 11.7 Å². The molecule has 1 aliphatic heterocycles. The molecule has 2 rings (SSSR count). The Morgan fingerprint density at radius 1 is 1.23 bits per heavy atom. The zero-order valence-electron chi connectivity index (χ0n) is 13.3. The molecule has 4 heteroatoms. The monoisotopic (exact) mass is 306 g/mol. The number of esters is 1. The lowest BCUT2D eigenvalue weighted by Gasteiger charge is -2.31. The van der Waals surface area contributed by atoms with E-state index in [9.17, 15) is 4.79 Å². The van der Waals surface area contributed by atoms with E-state index in [2.05, 4.69) is 48.2 Å². The minimum Gasteiger partial charge on any atom is -0.469 e. The van der Waals surface area contributed by atoms with Gasteiger partial charge in [-0.05, 0) is 49.5 Å². The molecule has 124 valence electrons. The van der Waals surface area contributed by atoms with Crippen molar-refractivity contribution in [3.05, 3.63) is 29.8 Å². The van der Waals surface area contributed by atoms with Gasteiger partial charge in [-0.15, -0.1) is 0 Å². The first-order chi connectivity index (χ1) is 10.1. The van der Waals surface area contributed by atoms with Gasteiger partial charge in [0.25, 0.3) is 0 Å². The third-order valence-corrected chi connectivity index (χ3v) is 4.25. The van der Waals surface area contributed by atoms with Crippen LogP contribution in [-0.4, -0.2) is 45.2 Å². The molecule has 0 saturated carbocycles. The van der Waals surface area contributed by atoms with Crippen molar-refractivity contribution < 1.29 is 9.53 Å². The van der Waals surface area contributed by atoms with Crippen molar-refractivity contribution in [3.8, 4) is 0 Å². The van der Waals surface area contributed by atoms with Crippen LogP contribution < -0.4 is 4.90 Å². The molecule has 0 bridgehead atoms. The maximum Gasteiger partial charge on any atom is 0.305 e. The second-order valence-corrected chi connectivity index (χ2v) is 6.06. The number of hydrogen-bond acceptors (Lipinski definition) is 4. The summed E-state index contributed by atoms with van der Waals surface area (Å²) in [6.07, 6.45) is 2.75. The highest BCUT2D eigenvalue weighted by atomic mass is 16.5. The molecule has 1 aromatic rings. The maximum atomic E-state index is 11.3. The molecule has 0 unspecified atom stereocenters. The van der Waals surface area contributed by atoms with E-state index in [4.69, 9.17) is 4.74 Å². The smallest absolute Gasteiger partial charge is 0.305 e. The molecule has 0 aromatic heterocycles. The van der Waals surface area contributed by atoms with Crippen LogP contribution in [0.2, 0.25) is 0 Å². The van der Waals surface area contributed by atoms with Crippen LogP contribution in [0.25, 0.3) is 0 Å². The molecule has 1 aliphatic rings. The Morgan fingerprint density at radius 2 is 1.82 bits per heavy atom. The average molecular weight is 306 g/mol. The van der Waals surface area contributed by atoms with Gasteiger partial charge in [0.2, 0.25) is 0 Å². The van der Waals surface area contributed by atoms with Gasteiger partial charge in [-0.1, -0.05) is 19.6 Å². The molecule has 4 nitrogen and oxygen atoms in total. The molecule has 1 aromatic carbocycles. The summed E-state index contributed by atoms with van der Waals surface area (Å²) in [6, 6.07) is 8.74. The summed E-state index contributed by atoms with van der Waals surface area (Å²) < 4.78 is 4.75. The number of methoxy groups -OCH3 is 1. The fourth-order valence-electron chi connectivity index (χ4n) is 2.83. The second kappa shape index (κ2) is 8.79. The number of hydrogen-bond donors (Lipinski definition) is 0. The second-order valence-electron chi connectivity index (χ2n) is 6.06. The number of benzene rings is 1. The number of likely N-dealkylation sites (tertiary alicyclic amines) is 1. The Labute approximate surface area is 135 Å². The zero-order chi connectivity index (χ0) is 15.2. The van der Waals surface area contributed by atoms with Crippen LogP contribution in [0.4, 0.5) is 5.69 Å². The minimum absolute atomic E-state index is 0. The van der Waals surface area contributed by atoms with Crippen molar-refractivity contribution in [1.82, 2.24) is 4.90 Å². The summed E-state index contributed by atoms with van der Waals surface area (Å²) in [6.45, 7) is 3.13. The highest BCUT2D eigenvalue weighted by Crippen LogP contribution is 2.22. The summed E-state index contributed by atoms with van der Waals surface area (Å²) in [5.41, 5.74) is 2.59. The van der Waals surface area contributed by atoms with Gasteiger partial charge >= 0.3 is 5.97 Å². The van der Waals surface area contributed by atoms with E-state index in [1.807, 2.05) is 0 Å². The molecule has 1 heterocycles. The highest BCUT2D eigenvalue weighted by Gasteiger charge is 2.21.